The smallest absolute Gasteiger partial charge is 0.146 e. The summed E-state index contributed by atoms with van der Waals surface area (Å²) < 4.78 is 5.61. The molecule has 0 saturated heterocycles. The van der Waals surface area contributed by atoms with Crippen molar-refractivity contribution in [1.82, 2.24) is 5.16 Å². The Hall–Kier alpha value is -0.310. The molecule has 0 aromatic carbocycles. The lowest BCUT2D eigenvalue weighted by atomic mass is 9.73. The first-order valence-corrected chi connectivity index (χ1v) is 7.02. The predicted octanol–water partition coefficient (Wildman–Crippen LogP) is 3.72. The average molecular weight is 270 g/mol. The van der Waals surface area contributed by atoms with Gasteiger partial charge < -0.3 is 4.52 Å². The van der Waals surface area contributed by atoms with Crippen LogP contribution in [-0.2, 0) is 17.2 Å². The van der Waals surface area contributed by atoms with Gasteiger partial charge in [0.2, 0.25) is 0 Å². The van der Waals surface area contributed by atoms with Crippen LogP contribution in [-0.4, -0.2) is 5.16 Å². The number of rotatable bonds is 1. The molecule has 82 valence electrons. The first kappa shape index (κ1) is 9.88. The van der Waals surface area contributed by atoms with Gasteiger partial charge in [0.05, 0.1) is 5.69 Å². The van der Waals surface area contributed by atoms with Gasteiger partial charge in [-0.2, -0.15) is 0 Å². The van der Waals surface area contributed by atoms with Gasteiger partial charge in [0, 0.05) is 16.3 Å². The van der Waals surface area contributed by atoms with Crippen LogP contribution in [0.5, 0.6) is 0 Å². The molecule has 0 amide bonds. The van der Waals surface area contributed by atoms with E-state index in [0.717, 1.165) is 11.0 Å². The van der Waals surface area contributed by atoms with E-state index in [2.05, 4.69) is 21.1 Å². The van der Waals surface area contributed by atoms with E-state index in [1.54, 1.807) is 0 Å². The van der Waals surface area contributed by atoms with Crippen molar-refractivity contribution in [2.45, 2.75) is 55.7 Å². The van der Waals surface area contributed by atoms with E-state index in [-0.39, 0.29) is 0 Å². The highest BCUT2D eigenvalue weighted by atomic mass is 79.9. The summed E-state index contributed by atoms with van der Waals surface area (Å²) in [4.78, 5) is 0. The minimum atomic E-state index is 0.376. The minimum absolute atomic E-state index is 0.376. The van der Waals surface area contributed by atoms with E-state index in [9.17, 15) is 0 Å². The van der Waals surface area contributed by atoms with Gasteiger partial charge in [0.1, 0.15) is 5.76 Å². The van der Waals surface area contributed by atoms with Gasteiger partial charge in [0.15, 0.2) is 0 Å². The van der Waals surface area contributed by atoms with Gasteiger partial charge in [-0.25, -0.2) is 0 Å². The Balaban J connectivity index is 1.99. The van der Waals surface area contributed by atoms with Gasteiger partial charge in [0.25, 0.3) is 0 Å². The third-order valence-electron chi connectivity index (χ3n) is 4.14. The Labute approximate surface area is 98.5 Å². The van der Waals surface area contributed by atoms with Crippen molar-refractivity contribution in [1.29, 1.82) is 0 Å². The SMILES string of the molecule is BrCc1noc2c1CCC21CCCCC1. The molecule has 0 unspecified atom stereocenters. The normalized spacial score (nSPS) is 23.3. The van der Waals surface area contributed by atoms with Crippen LogP contribution >= 0.6 is 15.9 Å². The topological polar surface area (TPSA) is 26.0 Å². The van der Waals surface area contributed by atoms with Crippen molar-refractivity contribution >= 4 is 15.9 Å². The zero-order valence-electron chi connectivity index (χ0n) is 8.89. The number of aromatic nitrogens is 1. The largest absolute Gasteiger partial charge is 0.360 e. The van der Waals surface area contributed by atoms with E-state index in [1.807, 2.05) is 0 Å². The lowest BCUT2D eigenvalue weighted by molar-refractivity contribution is 0.224. The fraction of sp³-hybridized carbons (Fsp3) is 0.750. The summed E-state index contributed by atoms with van der Waals surface area (Å²) in [6, 6.07) is 0. The maximum Gasteiger partial charge on any atom is 0.146 e. The molecular formula is C12H16BrNO. The first-order chi connectivity index (χ1) is 7.36. The summed E-state index contributed by atoms with van der Waals surface area (Å²) in [7, 11) is 0. The highest BCUT2D eigenvalue weighted by molar-refractivity contribution is 9.08. The summed E-state index contributed by atoms with van der Waals surface area (Å²) in [6.07, 6.45) is 9.24. The Morgan fingerprint density at radius 1 is 1.20 bits per heavy atom. The second kappa shape index (κ2) is 3.62. The van der Waals surface area contributed by atoms with Gasteiger partial charge in [-0.3, -0.25) is 0 Å². The molecule has 3 rings (SSSR count). The quantitative estimate of drug-likeness (QED) is 0.727. The molecule has 3 heteroatoms. The third kappa shape index (κ3) is 1.39. The molecule has 0 atom stereocenters. The molecule has 1 fully saturated rings. The number of alkyl halides is 1. The van der Waals surface area contributed by atoms with Crippen LogP contribution in [0.1, 0.15) is 55.5 Å². The number of halogens is 1. The van der Waals surface area contributed by atoms with Gasteiger partial charge in [-0.15, -0.1) is 0 Å². The average Bonchev–Trinajstić information content (AvgIpc) is 2.83. The fourth-order valence-electron chi connectivity index (χ4n) is 3.31. The molecule has 1 aromatic heterocycles. The molecule has 1 heterocycles. The molecule has 1 saturated carbocycles. The van der Waals surface area contributed by atoms with Crippen molar-refractivity contribution in [3.63, 3.8) is 0 Å². The summed E-state index contributed by atoms with van der Waals surface area (Å²) in [5.74, 6) is 1.23. The Kier molecular flexibility index (Phi) is 2.38. The maximum atomic E-state index is 5.61. The molecule has 2 aliphatic rings. The second-order valence-electron chi connectivity index (χ2n) is 4.91. The van der Waals surface area contributed by atoms with Crippen LogP contribution in [0.4, 0.5) is 0 Å². The highest BCUT2D eigenvalue weighted by Crippen LogP contribution is 2.49. The minimum Gasteiger partial charge on any atom is -0.360 e. The summed E-state index contributed by atoms with van der Waals surface area (Å²) in [5, 5.41) is 5.02. The molecule has 15 heavy (non-hydrogen) atoms. The zero-order chi connectivity index (χ0) is 10.3. The van der Waals surface area contributed by atoms with Crippen LogP contribution in [0.3, 0.4) is 0 Å². The van der Waals surface area contributed by atoms with Crippen LogP contribution in [0.15, 0.2) is 4.52 Å². The molecule has 0 aliphatic heterocycles. The van der Waals surface area contributed by atoms with Crippen LogP contribution in [0.25, 0.3) is 0 Å². The Morgan fingerprint density at radius 2 is 2.00 bits per heavy atom. The zero-order valence-corrected chi connectivity index (χ0v) is 10.5. The Bertz CT molecular complexity index is 366. The van der Waals surface area contributed by atoms with Crippen LogP contribution < -0.4 is 0 Å². The van der Waals surface area contributed by atoms with Crippen molar-refractivity contribution in [3.05, 3.63) is 17.0 Å². The summed E-state index contributed by atoms with van der Waals surface area (Å²) >= 11 is 3.48. The van der Waals surface area contributed by atoms with Gasteiger partial charge >= 0.3 is 0 Å². The first-order valence-electron chi connectivity index (χ1n) is 5.90. The van der Waals surface area contributed by atoms with Crippen molar-refractivity contribution in [3.8, 4) is 0 Å². The number of hydrogen-bond acceptors (Lipinski definition) is 2. The van der Waals surface area contributed by atoms with Crippen LogP contribution in [0.2, 0.25) is 0 Å². The number of nitrogens with zero attached hydrogens (tertiary/aromatic N) is 1. The predicted molar refractivity (Wildman–Crippen MR) is 62.2 cm³/mol. The van der Waals surface area contributed by atoms with Gasteiger partial charge in [-0.1, -0.05) is 40.3 Å². The van der Waals surface area contributed by atoms with Crippen molar-refractivity contribution in [2.24, 2.45) is 0 Å². The van der Waals surface area contributed by atoms with E-state index in [1.165, 1.54) is 56.3 Å². The maximum absolute atomic E-state index is 5.61. The second-order valence-corrected chi connectivity index (χ2v) is 5.47. The lowest BCUT2D eigenvalue weighted by Crippen LogP contribution is -2.25. The van der Waals surface area contributed by atoms with Crippen molar-refractivity contribution < 1.29 is 4.52 Å². The molecule has 2 aliphatic carbocycles. The standard InChI is InChI=1S/C12H16BrNO/c13-8-10-9-4-7-12(11(9)15-14-10)5-2-1-3-6-12/h1-8H2. The number of fused-ring (bicyclic) bond motifs is 2. The highest BCUT2D eigenvalue weighted by Gasteiger charge is 2.44. The Morgan fingerprint density at radius 3 is 2.73 bits per heavy atom. The third-order valence-corrected chi connectivity index (χ3v) is 4.67. The molecule has 0 N–H and O–H groups in total. The van der Waals surface area contributed by atoms with E-state index < -0.39 is 0 Å². The summed E-state index contributed by atoms with van der Waals surface area (Å²) in [5.41, 5.74) is 2.92. The van der Waals surface area contributed by atoms with Crippen molar-refractivity contribution in [2.75, 3.05) is 0 Å². The molecule has 0 bridgehead atoms. The molecule has 0 radical (unpaired) electrons. The molecule has 1 aromatic rings. The molecule has 2 nitrogen and oxygen atoms in total. The van der Waals surface area contributed by atoms with Crippen LogP contribution in [0, 0.1) is 0 Å². The van der Waals surface area contributed by atoms with E-state index in [0.29, 0.717) is 5.41 Å². The van der Waals surface area contributed by atoms with E-state index in [4.69, 9.17) is 4.52 Å². The fourth-order valence-corrected chi connectivity index (χ4v) is 3.75. The van der Waals surface area contributed by atoms with Gasteiger partial charge in [-0.05, 0) is 25.7 Å². The lowest BCUT2D eigenvalue weighted by Gasteiger charge is -2.31. The summed E-state index contributed by atoms with van der Waals surface area (Å²) in [6.45, 7) is 0. The molecule has 1 spiro atoms. The monoisotopic (exact) mass is 269 g/mol. The number of hydrogen-bond donors (Lipinski definition) is 0. The van der Waals surface area contributed by atoms with E-state index >= 15 is 0 Å². The molecular weight excluding hydrogens is 254 g/mol.